The molecule has 1 fully saturated rings. The van der Waals surface area contributed by atoms with Crippen molar-refractivity contribution < 1.29 is 51.5 Å². The van der Waals surface area contributed by atoms with Crippen LogP contribution in [-0.2, 0) is 4.74 Å². The molecule has 2 heterocycles. The molecule has 0 aromatic heterocycles. The van der Waals surface area contributed by atoms with Crippen molar-refractivity contribution >= 4 is 11.9 Å². The summed E-state index contributed by atoms with van der Waals surface area (Å²) in [6.45, 7) is 1.15. The minimum absolute atomic E-state index is 0.0726. The molecule has 2 aromatic carbocycles. The lowest BCUT2D eigenvalue weighted by molar-refractivity contribution is -0.0393. The Morgan fingerprint density at radius 2 is 1.35 bits per heavy atom. The molecular weight excluding hydrogens is 632 g/mol. The second-order valence-electron chi connectivity index (χ2n) is 11.9. The van der Waals surface area contributed by atoms with Crippen LogP contribution in [0.1, 0.15) is 46.4 Å². The Hall–Kier alpha value is -4.04. The highest BCUT2D eigenvalue weighted by molar-refractivity contribution is 5.95. The molecule has 4 bridgehead atoms. The molecule has 2 aromatic rings. The Morgan fingerprint density at radius 1 is 0.771 bits per heavy atom. The average molecular weight is 680 g/mol. The molecule has 4 rings (SSSR count). The predicted octanol–water partition coefficient (Wildman–Crippen LogP) is 4.23. The summed E-state index contributed by atoms with van der Waals surface area (Å²) < 4.78 is 69.1. The Labute approximate surface area is 280 Å². The van der Waals surface area contributed by atoms with Crippen LogP contribution in [0.15, 0.2) is 24.3 Å². The zero-order valence-electron chi connectivity index (χ0n) is 28.6. The van der Waals surface area contributed by atoms with Crippen LogP contribution >= 0.6 is 0 Å². The van der Waals surface area contributed by atoms with Gasteiger partial charge >= 0.3 is 5.97 Å². The van der Waals surface area contributed by atoms with E-state index < -0.39 is 11.9 Å². The van der Waals surface area contributed by atoms with E-state index in [1.807, 2.05) is 0 Å². The molecule has 3 atom stereocenters. The van der Waals surface area contributed by atoms with Crippen molar-refractivity contribution in [1.82, 2.24) is 14.7 Å². The van der Waals surface area contributed by atoms with Crippen LogP contribution in [-0.4, -0.2) is 134 Å². The number of carbonyl (C=O) groups is 2. The smallest absolute Gasteiger partial charge is 0.338 e. The molecule has 1 amide bonds. The van der Waals surface area contributed by atoms with Crippen molar-refractivity contribution in [1.29, 1.82) is 0 Å². The summed E-state index contributed by atoms with van der Waals surface area (Å²) >= 11 is 0. The summed E-state index contributed by atoms with van der Waals surface area (Å²) in [5, 5.41) is 0. The number of ether oxygens (including phenoxy) is 7. The summed E-state index contributed by atoms with van der Waals surface area (Å²) in [7, 11) is 9.08. The summed E-state index contributed by atoms with van der Waals surface area (Å²) in [5.74, 6) is -1.80. The van der Waals surface area contributed by atoms with Crippen LogP contribution in [0.3, 0.4) is 0 Å². The van der Waals surface area contributed by atoms with Gasteiger partial charge in [0.15, 0.2) is 23.0 Å². The number of fused-ring (bicyclic) bond motifs is 5. The van der Waals surface area contributed by atoms with Crippen LogP contribution in [0.5, 0.6) is 34.5 Å². The maximum absolute atomic E-state index is 15.1. The number of amides is 1. The quantitative estimate of drug-likeness (QED) is 0.393. The molecule has 1 saturated heterocycles. The van der Waals surface area contributed by atoms with Gasteiger partial charge < -0.3 is 38.1 Å². The third kappa shape index (κ3) is 9.10. The fourth-order valence-electron chi connectivity index (χ4n) is 6.16. The number of alkyl halides is 2. The molecule has 48 heavy (non-hydrogen) atoms. The first-order chi connectivity index (χ1) is 23.0. The van der Waals surface area contributed by atoms with E-state index in [9.17, 15) is 9.59 Å². The summed E-state index contributed by atoms with van der Waals surface area (Å²) in [5.41, 5.74) is 0.544. The molecule has 0 N–H and O–H groups in total. The third-order valence-electron chi connectivity index (χ3n) is 8.67. The van der Waals surface area contributed by atoms with Crippen LogP contribution < -0.4 is 28.4 Å². The van der Waals surface area contributed by atoms with E-state index in [0.29, 0.717) is 91.9 Å². The first-order valence-electron chi connectivity index (χ1n) is 16.0. The SMILES string of the molecule is COc1cc(C(=O)N(C)C2CCCOc3cc(cc(OC)c3OC)C(=O)OCCCN3CCN(CC2)CC(F)(F)C3)cc(OC)c1OC. The van der Waals surface area contributed by atoms with Crippen molar-refractivity contribution in [3.05, 3.63) is 35.4 Å². The molecule has 0 saturated carbocycles. The molecule has 0 radical (unpaired) electrons. The number of hydrogen-bond donors (Lipinski definition) is 0. The van der Waals surface area contributed by atoms with E-state index in [1.165, 1.54) is 41.6 Å². The summed E-state index contributed by atoms with van der Waals surface area (Å²) in [6.07, 6.45) is 1.86. The van der Waals surface area contributed by atoms with Crippen molar-refractivity contribution in [2.24, 2.45) is 0 Å². The predicted molar refractivity (Wildman–Crippen MR) is 174 cm³/mol. The molecular formula is C34H47F2N3O9. The van der Waals surface area contributed by atoms with Crippen LogP contribution in [0.2, 0.25) is 0 Å². The number of esters is 1. The van der Waals surface area contributed by atoms with E-state index in [0.717, 1.165) is 0 Å². The molecule has 3 unspecified atom stereocenters. The zero-order chi connectivity index (χ0) is 34.8. The van der Waals surface area contributed by atoms with Crippen LogP contribution in [0.4, 0.5) is 8.78 Å². The first kappa shape index (κ1) is 36.8. The summed E-state index contributed by atoms with van der Waals surface area (Å²) in [4.78, 5) is 31.9. The van der Waals surface area contributed by atoms with Gasteiger partial charge in [0.05, 0.1) is 67.4 Å². The van der Waals surface area contributed by atoms with Gasteiger partial charge in [-0.15, -0.1) is 0 Å². The number of rotatable bonds is 7. The largest absolute Gasteiger partial charge is 0.493 e. The van der Waals surface area contributed by atoms with E-state index in [2.05, 4.69) is 0 Å². The molecule has 0 spiro atoms. The fourth-order valence-corrected chi connectivity index (χ4v) is 6.16. The standard InChI is InChI=1S/C34H47F2N3O9/c1-37(32(40)23-17-26(42-2)30(45-5)27(18-23)43-3)25-9-7-15-47-29-20-24(19-28(44-4)31(29)46-6)33(41)48-16-8-11-38-13-14-39(12-10-25)22-34(35,36)21-38/h17-20,25H,7-16,21-22H2,1-6H3. The van der Waals surface area contributed by atoms with Crippen molar-refractivity contribution in [2.45, 2.75) is 37.6 Å². The molecule has 12 nitrogen and oxygen atoms in total. The Morgan fingerprint density at radius 3 is 1.96 bits per heavy atom. The maximum Gasteiger partial charge on any atom is 0.338 e. The lowest BCUT2D eigenvalue weighted by Crippen LogP contribution is -2.43. The fraction of sp³-hybridized carbons (Fsp3) is 0.588. The van der Waals surface area contributed by atoms with Crippen molar-refractivity contribution in [2.75, 3.05) is 95.1 Å². The second-order valence-corrected chi connectivity index (χ2v) is 11.9. The third-order valence-corrected chi connectivity index (χ3v) is 8.67. The number of halogens is 2. The Bertz CT molecular complexity index is 1390. The van der Waals surface area contributed by atoms with Gasteiger partial charge in [-0.05, 0) is 49.9 Å². The number of hydrogen-bond acceptors (Lipinski definition) is 11. The topological polar surface area (TPSA) is 108 Å². The zero-order valence-corrected chi connectivity index (χ0v) is 28.6. The number of benzene rings is 2. The van der Waals surface area contributed by atoms with E-state index >= 15 is 8.78 Å². The number of carbonyl (C=O) groups excluding carboxylic acids is 2. The molecule has 0 aliphatic carbocycles. The lowest BCUT2D eigenvalue weighted by atomic mass is 10.0. The van der Waals surface area contributed by atoms with E-state index in [-0.39, 0.29) is 43.8 Å². The number of methoxy groups -OCH3 is 5. The molecule has 2 aliphatic heterocycles. The normalized spacial score (nSPS) is 22.0. The maximum atomic E-state index is 15.1. The lowest BCUT2D eigenvalue weighted by Gasteiger charge is -2.31. The van der Waals surface area contributed by atoms with Gasteiger partial charge in [0.2, 0.25) is 11.5 Å². The van der Waals surface area contributed by atoms with Crippen molar-refractivity contribution in [3.8, 4) is 34.5 Å². The highest BCUT2D eigenvalue weighted by Gasteiger charge is 2.37. The summed E-state index contributed by atoms with van der Waals surface area (Å²) in [6, 6.07) is 5.91. The van der Waals surface area contributed by atoms with Gasteiger partial charge in [0.25, 0.3) is 11.8 Å². The van der Waals surface area contributed by atoms with Crippen LogP contribution in [0, 0.1) is 0 Å². The minimum atomic E-state index is -2.93. The van der Waals surface area contributed by atoms with Gasteiger partial charge in [-0.1, -0.05) is 0 Å². The van der Waals surface area contributed by atoms with Gasteiger partial charge in [-0.3, -0.25) is 14.6 Å². The average Bonchev–Trinajstić information content (AvgIpc) is 3.23. The van der Waals surface area contributed by atoms with Gasteiger partial charge in [-0.25, -0.2) is 13.6 Å². The van der Waals surface area contributed by atoms with Crippen LogP contribution in [0.25, 0.3) is 0 Å². The molecule has 266 valence electrons. The number of cyclic esters (lactones) is 1. The number of nitrogens with zero attached hydrogens (tertiary/aromatic N) is 3. The van der Waals surface area contributed by atoms with Gasteiger partial charge in [0, 0.05) is 44.8 Å². The first-order valence-corrected chi connectivity index (χ1v) is 16.0. The van der Waals surface area contributed by atoms with Gasteiger partial charge in [-0.2, -0.15) is 0 Å². The minimum Gasteiger partial charge on any atom is -0.493 e. The van der Waals surface area contributed by atoms with Crippen molar-refractivity contribution in [3.63, 3.8) is 0 Å². The Balaban J connectivity index is 1.62. The second kappa shape index (κ2) is 16.9. The monoisotopic (exact) mass is 679 g/mol. The Kier molecular flexibility index (Phi) is 12.9. The highest BCUT2D eigenvalue weighted by Crippen LogP contribution is 2.40. The molecule has 2 aliphatic rings. The van der Waals surface area contributed by atoms with E-state index in [1.54, 1.807) is 39.9 Å². The molecule has 14 heteroatoms. The van der Waals surface area contributed by atoms with E-state index in [4.69, 9.17) is 33.2 Å². The highest BCUT2D eigenvalue weighted by atomic mass is 19.3. The van der Waals surface area contributed by atoms with Gasteiger partial charge in [0.1, 0.15) is 0 Å².